The van der Waals surface area contributed by atoms with Gasteiger partial charge in [-0.25, -0.2) is 9.86 Å². The molecule has 96 valence electrons. The molecule has 1 amide bonds. The van der Waals surface area contributed by atoms with Crippen LogP contribution in [0.4, 0.5) is 0 Å². The van der Waals surface area contributed by atoms with Gasteiger partial charge in [0.1, 0.15) is 0 Å². The number of benzene rings is 1. The lowest BCUT2D eigenvalue weighted by Crippen LogP contribution is -2.27. The summed E-state index contributed by atoms with van der Waals surface area (Å²) in [6, 6.07) is 7.11. The van der Waals surface area contributed by atoms with Crippen molar-refractivity contribution >= 4 is 17.0 Å². The number of oxazole rings is 1. The highest BCUT2D eigenvalue weighted by molar-refractivity contribution is 5.75. The summed E-state index contributed by atoms with van der Waals surface area (Å²) in [7, 11) is 2.94. The van der Waals surface area contributed by atoms with Crippen LogP contribution in [0.5, 0.6) is 0 Å². The van der Waals surface area contributed by atoms with Crippen molar-refractivity contribution in [3.8, 4) is 0 Å². The van der Waals surface area contributed by atoms with Crippen LogP contribution in [0.2, 0.25) is 0 Å². The van der Waals surface area contributed by atoms with Gasteiger partial charge in [0.25, 0.3) is 0 Å². The monoisotopic (exact) mass is 250 g/mol. The number of hydrogen-bond acceptors (Lipinski definition) is 4. The van der Waals surface area contributed by atoms with E-state index in [0.29, 0.717) is 11.1 Å². The van der Waals surface area contributed by atoms with Crippen LogP contribution < -0.4 is 5.76 Å². The third-order valence-corrected chi connectivity index (χ3v) is 2.75. The molecule has 0 unspecified atom stereocenters. The first-order valence-corrected chi connectivity index (χ1v) is 5.52. The fourth-order valence-electron chi connectivity index (χ4n) is 1.69. The van der Waals surface area contributed by atoms with Gasteiger partial charge < -0.3 is 4.42 Å². The van der Waals surface area contributed by atoms with Crippen LogP contribution in [0.15, 0.2) is 33.5 Å². The molecule has 0 atom stereocenters. The number of carbonyl (C=O) groups is 1. The van der Waals surface area contributed by atoms with Gasteiger partial charge in [-0.05, 0) is 12.1 Å². The maximum Gasteiger partial charge on any atom is 0.419 e. The summed E-state index contributed by atoms with van der Waals surface area (Å²) in [5.74, 6) is -0.654. The number of hydroxylamine groups is 2. The van der Waals surface area contributed by atoms with Crippen molar-refractivity contribution in [3.63, 3.8) is 0 Å². The van der Waals surface area contributed by atoms with E-state index >= 15 is 0 Å². The molecule has 1 aromatic carbocycles. The standard InChI is InChI=1S/C12H14N2O4/c1-13(17-2)11(15)7-8-14-9-5-3-4-6-10(9)18-12(14)16/h3-6H,7-8H2,1-2H3. The molecule has 6 heteroatoms. The molecule has 0 aliphatic carbocycles. The Morgan fingerprint density at radius 3 is 2.89 bits per heavy atom. The maximum atomic E-state index is 11.6. The average molecular weight is 250 g/mol. The lowest BCUT2D eigenvalue weighted by Gasteiger charge is -2.13. The summed E-state index contributed by atoms with van der Waals surface area (Å²) in [5.41, 5.74) is 1.21. The van der Waals surface area contributed by atoms with Crippen molar-refractivity contribution in [2.24, 2.45) is 0 Å². The quantitative estimate of drug-likeness (QED) is 0.759. The fraction of sp³-hybridized carbons (Fsp3) is 0.333. The Kier molecular flexibility index (Phi) is 3.47. The fourth-order valence-corrected chi connectivity index (χ4v) is 1.69. The van der Waals surface area contributed by atoms with Crippen LogP contribution in [0.3, 0.4) is 0 Å². The molecule has 0 fully saturated rings. The Labute approximate surface area is 103 Å². The topological polar surface area (TPSA) is 64.7 Å². The predicted molar refractivity (Wildman–Crippen MR) is 64.9 cm³/mol. The van der Waals surface area contributed by atoms with E-state index in [1.165, 1.54) is 18.7 Å². The molecule has 0 saturated heterocycles. The highest BCUT2D eigenvalue weighted by atomic mass is 16.7. The SMILES string of the molecule is CON(C)C(=O)CCn1c(=O)oc2ccccc21. The first-order valence-electron chi connectivity index (χ1n) is 5.52. The van der Waals surface area contributed by atoms with Crippen LogP contribution in [0.25, 0.3) is 11.1 Å². The lowest BCUT2D eigenvalue weighted by atomic mass is 10.3. The van der Waals surface area contributed by atoms with Crippen LogP contribution in [0.1, 0.15) is 6.42 Å². The molecule has 1 aromatic heterocycles. The molecule has 1 heterocycles. The molecule has 6 nitrogen and oxygen atoms in total. The van der Waals surface area contributed by atoms with Gasteiger partial charge in [-0.3, -0.25) is 14.2 Å². The molecule has 0 aliphatic rings. The molecule has 0 N–H and O–H groups in total. The summed E-state index contributed by atoms with van der Waals surface area (Å²) < 4.78 is 6.51. The number of carbonyl (C=O) groups excluding carboxylic acids is 1. The number of amides is 1. The van der Waals surface area contributed by atoms with Gasteiger partial charge in [-0.1, -0.05) is 12.1 Å². The van der Waals surface area contributed by atoms with Crippen LogP contribution in [0, 0.1) is 0 Å². The zero-order chi connectivity index (χ0) is 13.1. The number of aromatic nitrogens is 1. The summed E-state index contributed by atoms with van der Waals surface area (Å²) in [6.07, 6.45) is 0.174. The van der Waals surface area contributed by atoms with Gasteiger partial charge in [0, 0.05) is 20.0 Å². The second kappa shape index (κ2) is 5.05. The van der Waals surface area contributed by atoms with E-state index in [9.17, 15) is 9.59 Å². The zero-order valence-electron chi connectivity index (χ0n) is 10.3. The minimum Gasteiger partial charge on any atom is -0.408 e. The molecule has 0 spiro atoms. The van der Waals surface area contributed by atoms with Crippen molar-refractivity contribution in [3.05, 3.63) is 34.8 Å². The predicted octanol–water partition coefficient (Wildman–Crippen LogP) is 1.00. The number of hydrogen-bond donors (Lipinski definition) is 0. The van der Waals surface area contributed by atoms with Crippen molar-refractivity contribution in [1.29, 1.82) is 0 Å². The maximum absolute atomic E-state index is 11.6. The number of nitrogens with zero attached hydrogens (tertiary/aromatic N) is 2. The van der Waals surface area contributed by atoms with E-state index in [4.69, 9.17) is 9.25 Å². The largest absolute Gasteiger partial charge is 0.419 e. The van der Waals surface area contributed by atoms with E-state index in [1.54, 1.807) is 18.2 Å². The number of rotatable bonds is 4. The molecular weight excluding hydrogens is 236 g/mol. The molecule has 0 bridgehead atoms. The summed E-state index contributed by atoms with van der Waals surface area (Å²) >= 11 is 0. The lowest BCUT2D eigenvalue weighted by molar-refractivity contribution is -0.168. The van der Waals surface area contributed by atoms with E-state index in [1.807, 2.05) is 6.07 Å². The van der Waals surface area contributed by atoms with Gasteiger partial charge >= 0.3 is 5.76 Å². The van der Waals surface area contributed by atoms with Crippen molar-refractivity contribution < 1.29 is 14.0 Å². The number of para-hydroxylation sites is 2. The highest BCUT2D eigenvalue weighted by Crippen LogP contribution is 2.12. The Balaban J connectivity index is 2.20. The first kappa shape index (κ1) is 12.4. The van der Waals surface area contributed by atoms with E-state index in [0.717, 1.165) is 5.06 Å². The van der Waals surface area contributed by atoms with Crippen LogP contribution in [-0.2, 0) is 16.2 Å². The Hall–Kier alpha value is -2.08. The average Bonchev–Trinajstić information content (AvgIpc) is 2.70. The molecule has 0 radical (unpaired) electrons. The minimum atomic E-state index is -0.455. The van der Waals surface area contributed by atoms with E-state index in [2.05, 4.69) is 0 Å². The molecule has 2 rings (SSSR count). The summed E-state index contributed by atoms with van der Waals surface area (Å²) in [5, 5.41) is 1.13. The molecule has 0 aliphatic heterocycles. The van der Waals surface area contributed by atoms with Crippen molar-refractivity contribution in [1.82, 2.24) is 9.63 Å². The van der Waals surface area contributed by atoms with Crippen molar-refractivity contribution in [2.45, 2.75) is 13.0 Å². The van der Waals surface area contributed by atoms with Gasteiger partial charge in [-0.2, -0.15) is 0 Å². The third-order valence-electron chi connectivity index (χ3n) is 2.75. The number of aryl methyl sites for hydroxylation is 1. The molecule has 2 aromatic rings. The molecular formula is C12H14N2O4. The smallest absolute Gasteiger partial charge is 0.408 e. The van der Waals surface area contributed by atoms with E-state index in [-0.39, 0.29) is 18.9 Å². The van der Waals surface area contributed by atoms with Gasteiger partial charge in [0.05, 0.1) is 12.6 Å². The second-order valence-electron chi connectivity index (χ2n) is 3.81. The highest BCUT2D eigenvalue weighted by Gasteiger charge is 2.12. The van der Waals surface area contributed by atoms with Crippen LogP contribution >= 0.6 is 0 Å². The van der Waals surface area contributed by atoms with E-state index < -0.39 is 5.76 Å². The van der Waals surface area contributed by atoms with Crippen LogP contribution in [-0.4, -0.2) is 29.7 Å². The zero-order valence-corrected chi connectivity index (χ0v) is 10.3. The summed E-state index contributed by atoms with van der Waals surface area (Å²) in [6.45, 7) is 0.266. The summed E-state index contributed by atoms with van der Waals surface area (Å²) in [4.78, 5) is 28.0. The minimum absolute atomic E-state index is 0.174. The second-order valence-corrected chi connectivity index (χ2v) is 3.81. The van der Waals surface area contributed by atoms with Crippen molar-refractivity contribution in [2.75, 3.05) is 14.2 Å². The Morgan fingerprint density at radius 2 is 2.17 bits per heavy atom. The Bertz CT molecular complexity index is 614. The Morgan fingerprint density at radius 1 is 1.44 bits per heavy atom. The van der Waals surface area contributed by atoms with Gasteiger partial charge in [-0.15, -0.1) is 0 Å². The first-order chi connectivity index (χ1) is 8.63. The normalized spacial score (nSPS) is 10.8. The molecule has 18 heavy (non-hydrogen) atoms. The number of fused-ring (bicyclic) bond motifs is 1. The molecule has 0 saturated carbocycles. The van der Waals surface area contributed by atoms with Gasteiger partial charge in [0.2, 0.25) is 5.91 Å². The third kappa shape index (κ3) is 2.28. The van der Waals surface area contributed by atoms with Gasteiger partial charge in [0.15, 0.2) is 5.58 Å².